The normalized spacial score (nSPS) is 18.5. The second kappa shape index (κ2) is 4.79. The van der Waals surface area contributed by atoms with Gasteiger partial charge in [0.25, 0.3) is 0 Å². The van der Waals surface area contributed by atoms with Crippen LogP contribution in [0.1, 0.15) is 19.3 Å². The predicted molar refractivity (Wildman–Crippen MR) is 67.3 cm³/mol. The highest BCUT2D eigenvalue weighted by Crippen LogP contribution is 2.45. The molecule has 2 rings (SSSR count). The van der Waals surface area contributed by atoms with Gasteiger partial charge in [-0.3, -0.25) is 0 Å². The molecule has 0 heterocycles. The lowest BCUT2D eigenvalue weighted by atomic mass is 9.72. The van der Waals surface area contributed by atoms with E-state index in [1.54, 1.807) is 23.9 Å². The quantitative estimate of drug-likeness (QED) is 0.614. The SMILES string of the molecule is Fc1cccc(SCC2(CS)CCC2)c1. The molecule has 0 spiro atoms. The van der Waals surface area contributed by atoms with Gasteiger partial charge in [0.05, 0.1) is 0 Å². The molecule has 0 N–H and O–H groups in total. The number of hydrogen-bond donors (Lipinski definition) is 1. The van der Waals surface area contributed by atoms with Crippen LogP contribution < -0.4 is 0 Å². The summed E-state index contributed by atoms with van der Waals surface area (Å²) in [6.07, 6.45) is 3.88. The standard InChI is InChI=1S/C12H15FS2/c13-10-3-1-4-11(7-10)15-9-12(8-14)5-2-6-12/h1,3-4,7,14H,2,5-6,8-9H2. The molecular formula is C12H15FS2. The fourth-order valence-corrected chi connectivity index (χ4v) is 3.63. The number of halogens is 1. The summed E-state index contributed by atoms with van der Waals surface area (Å²) < 4.78 is 12.9. The average Bonchev–Trinajstić information content (AvgIpc) is 2.17. The molecule has 0 saturated heterocycles. The molecule has 0 nitrogen and oxygen atoms in total. The molecule has 1 aliphatic carbocycles. The van der Waals surface area contributed by atoms with Gasteiger partial charge in [-0.2, -0.15) is 12.6 Å². The van der Waals surface area contributed by atoms with Crippen LogP contribution in [0.25, 0.3) is 0 Å². The zero-order chi connectivity index (χ0) is 10.7. The van der Waals surface area contributed by atoms with Gasteiger partial charge in [-0.1, -0.05) is 12.5 Å². The molecule has 1 aliphatic rings. The Hall–Kier alpha value is -0.150. The van der Waals surface area contributed by atoms with E-state index in [1.165, 1.54) is 25.3 Å². The van der Waals surface area contributed by atoms with Crippen molar-refractivity contribution in [1.29, 1.82) is 0 Å². The molecule has 0 unspecified atom stereocenters. The van der Waals surface area contributed by atoms with E-state index < -0.39 is 0 Å². The second-order valence-electron chi connectivity index (χ2n) is 4.26. The van der Waals surface area contributed by atoms with Gasteiger partial charge in [0.1, 0.15) is 5.82 Å². The minimum atomic E-state index is -0.145. The smallest absolute Gasteiger partial charge is 0.124 e. The van der Waals surface area contributed by atoms with Crippen LogP contribution >= 0.6 is 24.4 Å². The summed E-state index contributed by atoms with van der Waals surface area (Å²) in [6.45, 7) is 0. The molecule has 0 amide bonds. The van der Waals surface area contributed by atoms with Gasteiger partial charge in [0.2, 0.25) is 0 Å². The van der Waals surface area contributed by atoms with E-state index in [4.69, 9.17) is 0 Å². The predicted octanol–water partition coefficient (Wildman–Crippen LogP) is 4.02. The molecule has 1 fully saturated rings. The molecular weight excluding hydrogens is 227 g/mol. The highest BCUT2D eigenvalue weighted by Gasteiger charge is 2.35. The van der Waals surface area contributed by atoms with Gasteiger partial charge < -0.3 is 0 Å². The highest BCUT2D eigenvalue weighted by molar-refractivity contribution is 7.99. The van der Waals surface area contributed by atoms with Crippen LogP contribution in [0.5, 0.6) is 0 Å². The first-order valence-corrected chi connectivity index (χ1v) is 6.85. The van der Waals surface area contributed by atoms with Crippen molar-refractivity contribution in [3.05, 3.63) is 30.1 Å². The van der Waals surface area contributed by atoms with E-state index in [0.717, 1.165) is 16.4 Å². The van der Waals surface area contributed by atoms with Gasteiger partial charge >= 0.3 is 0 Å². The number of benzene rings is 1. The van der Waals surface area contributed by atoms with E-state index in [0.29, 0.717) is 5.41 Å². The lowest BCUT2D eigenvalue weighted by Crippen LogP contribution is -2.33. The largest absolute Gasteiger partial charge is 0.207 e. The highest BCUT2D eigenvalue weighted by atomic mass is 32.2. The number of thiol groups is 1. The molecule has 0 aromatic heterocycles. The molecule has 0 radical (unpaired) electrons. The Morgan fingerprint density at radius 2 is 2.20 bits per heavy atom. The number of rotatable bonds is 4. The van der Waals surface area contributed by atoms with E-state index in [1.807, 2.05) is 6.07 Å². The van der Waals surface area contributed by atoms with Crippen molar-refractivity contribution in [2.75, 3.05) is 11.5 Å². The Bertz CT molecular complexity index is 329. The molecule has 1 saturated carbocycles. The van der Waals surface area contributed by atoms with Crippen LogP contribution in [-0.4, -0.2) is 11.5 Å². The first kappa shape index (κ1) is 11.3. The van der Waals surface area contributed by atoms with E-state index in [-0.39, 0.29) is 5.82 Å². The topological polar surface area (TPSA) is 0 Å². The molecule has 15 heavy (non-hydrogen) atoms. The third-order valence-electron chi connectivity index (χ3n) is 3.09. The van der Waals surface area contributed by atoms with Crippen molar-refractivity contribution >= 4 is 24.4 Å². The summed E-state index contributed by atoms with van der Waals surface area (Å²) in [5.74, 6) is 1.88. The molecule has 0 bridgehead atoms. The first-order valence-electron chi connectivity index (χ1n) is 5.23. The Balaban J connectivity index is 1.92. The Morgan fingerprint density at radius 3 is 2.73 bits per heavy atom. The van der Waals surface area contributed by atoms with Crippen LogP contribution in [0.15, 0.2) is 29.2 Å². The Kier molecular flexibility index (Phi) is 3.62. The maximum atomic E-state index is 12.9. The molecule has 0 aliphatic heterocycles. The van der Waals surface area contributed by atoms with Gasteiger partial charge in [-0.15, -0.1) is 11.8 Å². The molecule has 1 aromatic carbocycles. The number of thioether (sulfide) groups is 1. The Morgan fingerprint density at radius 1 is 1.40 bits per heavy atom. The number of hydrogen-bond acceptors (Lipinski definition) is 2. The lowest BCUT2D eigenvalue weighted by Gasteiger charge is -2.40. The average molecular weight is 242 g/mol. The fourth-order valence-electron chi connectivity index (χ4n) is 1.82. The van der Waals surface area contributed by atoms with Crippen molar-refractivity contribution in [1.82, 2.24) is 0 Å². The van der Waals surface area contributed by atoms with Crippen LogP contribution in [0.4, 0.5) is 4.39 Å². The van der Waals surface area contributed by atoms with Crippen LogP contribution in [0, 0.1) is 11.2 Å². The summed E-state index contributed by atoms with van der Waals surface area (Å²) in [5, 5.41) is 0. The lowest BCUT2D eigenvalue weighted by molar-refractivity contribution is 0.205. The van der Waals surface area contributed by atoms with E-state index in [2.05, 4.69) is 12.6 Å². The minimum Gasteiger partial charge on any atom is -0.207 e. The van der Waals surface area contributed by atoms with Crippen molar-refractivity contribution < 1.29 is 4.39 Å². The second-order valence-corrected chi connectivity index (χ2v) is 5.62. The van der Waals surface area contributed by atoms with Crippen LogP contribution in [-0.2, 0) is 0 Å². The third-order valence-corrected chi connectivity index (χ3v) is 5.11. The van der Waals surface area contributed by atoms with Gasteiger partial charge in [0.15, 0.2) is 0 Å². The van der Waals surface area contributed by atoms with Gasteiger partial charge in [-0.05, 0) is 42.2 Å². The molecule has 82 valence electrons. The van der Waals surface area contributed by atoms with Crippen LogP contribution in [0.3, 0.4) is 0 Å². The molecule has 0 atom stereocenters. The zero-order valence-corrected chi connectivity index (χ0v) is 10.3. The van der Waals surface area contributed by atoms with Crippen molar-refractivity contribution in [3.8, 4) is 0 Å². The Labute approximate surface area is 100 Å². The van der Waals surface area contributed by atoms with Gasteiger partial charge in [-0.25, -0.2) is 4.39 Å². The maximum Gasteiger partial charge on any atom is 0.124 e. The van der Waals surface area contributed by atoms with Crippen molar-refractivity contribution in [2.24, 2.45) is 5.41 Å². The molecule has 1 aromatic rings. The maximum absolute atomic E-state index is 12.9. The summed E-state index contributed by atoms with van der Waals surface area (Å²) in [4.78, 5) is 1.03. The third kappa shape index (κ3) is 2.70. The minimum absolute atomic E-state index is 0.145. The van der Waals surface area contributed by atoms with Gasteiger partial charge in [0, 0.05) is 10.6 Å². The monoisotopic (exact) mass is 242 g/mol. The van der Waals surface area contributed by atoms with E-state index in [9.17, 15) is 4.39 Å². The summed E-state index contributed by atoms with van der Waals surface area (Å²) in [7, 11) is 0. The summed E-state index contributed by atoms with van der Waals surface area (Å²) in [5.41, 5.74) is 0.417. The molecule has 3 heteroatoms. The van der Waals surface area contributed by atoms with Crippen molar-refractivity contribution in [2.45, 2.75) is 24.2 Å². The fraction of sp³-hybridized carbons (Fsp3) is 0.500. The zero-order valence-electron chi connectivity index (χ0n) is 8.58. The first-order chi connectivity index (χ1) is 7.24. The van der Waals surface area contributed by atoms with E-state index >= 15 is 0 Å². The van der Waals surface area contributed by atoms with Crippen LogP contribution in [0.2, 0.25) is 0 Å². The summed E-state index contributed by atoms with van der Waals surface area (Å²) in [6, 6.07) is 6.84. The summed E-state index contributed by atoms with van der Waals surface area (Å²) >= 11 is 6.16. The van der Waals surface area contributed by atoms with Crippen molar-refractivity contribution in [3.63, 3.8) is 0 Å².